The Morgan fingerprint density at radius 3 is 2.68 bits per heavy atom. The van der Waals surface area contributed by atoms with E-state index in [0.29, 0.717) is 16.3 Å². The lowest BCUT2D eigenvalue weighted by atomic mass is 10.1. The fraction of sp³-hybridized carbons (Fsp3) is 0.133. The van der Waals surface area contributed by atoms with E-state index in [-0.39, 0.29) is 0 Å². The summed E-state index contributed by atoms with van der Waals surface area (Å²) in [6, 6.07) is 13.6. The van der Waals surface area contributed by atoms with Gasteiger partial charge in [-0.3, -0.25) is 0 Å². The summed E-state index contributed by atoms with van der Waals surface area (Å²) in [5, 5.41) is 9.42. The molecule has 0 spiro atoms. The van der Waals surface area contributed by atoms with E-state index in [4.69, 9.17) is 22.6 Å². The van der Waals surface area contributed by atoms with Crippen LogP contribution in [0.4, 0.5) is 5.69 Å². The number of anilines is 1. The predicted octanol–water partition coefficient (Wildman–Crippen LogP) is 4.39. The molecule has 19 heavy (non-hydrogen) atoms. The Labute approximate surface area is 122 Å². The number of nitriles is 1. The maximum Gasteiger partial charge on any atom is 0.0991 e. The van der Waals surface area contributed by atoms with Crippen molar-refractivity contribution in [1.29, 1.82) is 5.26 Å². The first-order valence-electron chi connectivity index (χ1n) is 5.77. The van der Waals surface area contributed by atoms with Gasteiger partial charge in [0.2, 0.25) is 0 Å². The Hall–Kier alpha value is -1.63. The van der Waals surface area contributed by atoms with Gasteiger partial charge in [-0.25, -0.2) is 0 Å². The summed E-state index contributed by atoms with van der Waals surface area (Å²) in [4.78, 5) is 1.09. The average Bonchev–Trinajstić information content (AvgIpc) is 2.41. The van der Waals surface area contributed by atoms with Crippen molar-refractivity contribution >= 4 is 29.1 Å². The molecule has 2 rings (SSSR count). The summed E-state index contributed by atoms with van der Waals surface area (Å²) < 4.78 is 0. The quantitative estimate of drug-likeness (QED) is 0.673. The second-order valence-corrected chi connectivity index (χ2v) is 5.68. The second-order valence-electron chi connectivity index (χ2n) is 4.23. The fourth-order valence-electron chi connectivity index (χ4n) is 1.69. The Balaban J connectivity index is 2.10. The summed E-state index contributed by atoms with van der Waals surface area (Å²) in [7, 11) is 0. The van der Waals surface area contributed by atoms with Gasteiger partial charge in [-0.2, -0.15) is 5.26 Å². The molecule has 0 bridgehead atoms. The number of rotatable bonds is 3. The molecule has 0 saturated heterocycles. The van der Waals surface area contributed by atoms with Crippen molar-refractivity contribution in [2.24, 2.45) is 0 Å². The summed E-state index contributed by atoms with van der Waals surface area (Å²) in [6.07, 6.45) is 0. The molecule has 4 heteroatoms. The minimum atomic E-state index is 0.585. The number of nitrogens with zero attached hydrogens (tertiary/aromatic N) is 1. The van der Waals surface area contributed by atoms with Gasteiger partial charge in [0.25, 0.3) is 0 Å². The van der Waals surface area contributed by atoms with Gasteiger partial charge in [0, 0.05) is 10.6 Å². The van der Waals surface area contributed by atoms with Gasteiger partial charge in [0.1, 0.15) is 0 Å². The van der Waals surface area contributed by atoms with Crippen LogP contribution in [0.15, 0.2) is 41.3 Å². The number of thioether (sulfide) groups is 1. The van der Waals surface area contributed by atoms with Crippen molar-refractivity contribution in [3.05, 3.63) is 58.1 Å². The molecule has 0 heterocycles. The van der Waals surface area contributed by atoms with Crippen molar-refractivity contribution in [2.75, 3.05) is 5.73 Å². The van der Waals surface area contributed by atoms with Crippen molar-refractivity contribution in [3.63, 3.8) is 0 Å². The first-order chi connectivity index (χ1) is 9.10. The number of aryl methyl sites for hydroxylation is 1. The lowest BCUT2D eigenvalue weighted by Gasteiger charge is -2.07. The molecule has 2 aromatic carbocycles. The molecule has 0 saturated carbocycles. The molecule has 2 aromatic rings. The zero-order valence-corrected chi connectivity index (χ0v) is 12.1. The third-order valence-electron chi connectivity index (χ3n) is 2.84. The number of halogens is 1. The van der Waals surface area contributed by atoms with Crippen molar-refractivity contribution in [2.45, 2.75) is 17.6 Å². The average molecular weight is 289 g/mol. The van der Waals surface area contributed by atoms with Crippen LogP contribution in [0.25, 0.3) is 0 Å². The van der Waals surface area contributed by atoms with E-state index in [2.05, 4.69) is 6.07 Å². The van der Waals surface area contributed by atoms with E-state index >= 15 is 0 Å². The van der Waals surface area contributed by atoms with Crippen LogP contribution in [0.5, 0.6) is 0 Å². The molecular weight excluding hydrogens is 276 g/mol. The van der Waals surface area contributed by atoms with Gasteiger partial charge in [0.15, 0.2) is 0 Å². The molecule has 0 unspecified atom stereocenters. The summed E-state index contributed by atoms with van der Waals surface area (Å²) in [6.45, 7) is 2.02. The topological polar surface area (TPSA) is 49.8 Å². The molecular formula is C15H13ClN2S. The Kier molecular flexibility index (Phi) is 4.36. The molecule has 0 fully saturated rings. The minimum Gasteiger partial charge on any atom is -0.398 e. The van der Waals surface area contributed by atoms with Gasteiger partial charge in [-0.05, 0) is 48.4 Å². The number of hydrogen-bond acceptors (Lipinski definition) is 3. The molecule has 0 atom stereocenters. The van der Waals surface area contributed by atoms with Crippen LogP contribution in [0.1, 0.15) is 16.7 Å². The van der Waals surface area contributed by atoms with Crippen molar-refractivity contribution < 1.29 is 0 Å². The van der Waals surface area contributed by atoms with Crippen molar-refractivity contribution in [3.8, 4) is 6.07 Å². The SMILES string of the molecule is Cc1cc(C#N)ccc1CSc1ccc(N)c(Cl)c1. The number of nitrogen functional groups attached to an aromatic ring is 1. The molecule has 2 N–H and O–H groups in total. The highest BCUT2D eigenvalue weighted by Gasteiger charge is 2.03. The molecule has 0 aliphatic heterocycles. The van der Waals surface area contributed by atoms with Crippen molar-refractivity contribution in [1.82, 2.24) is 0 Å². The van der Waals surface area contributed by atoms with Crippen LogP contribution in [0.3, 0.4) is 0 Å². The van der Waals surface area contributed by atoms with Crippen LogP contribution in [0, 0.1) is 18.3 Å². The van der Waals surface area contributed by atoms with Gasteiger partial charge >= 0.3 is 0 Å². The molecule has 0 aliphatic rings. The van der Waals surface area contributed by atoms with Gasteiger partial charge < -0.3 is 5.73 Å². The van der Waals surface area contributed by atoms with Gasteiger partial charge in [-0.15, -0.1) is 11.8 Å². The Morgan fingerprint density at radius 2 is 2.05 bits per heavy atom. The van der Waals surface area contributed by atoms with Crippen LogP contribution >= 0.6 is 23.4 Å². The summed E-state index contributed by atoms with van der Waals surface area (Å²) in [5.41, 5.74) is 9.33. The lowest BCUT2D eigenvalue weighted by molar-refractivity contribution is 1.29. The van der Waals surface area contributed by atoms with Gasteiger partial charge in [-0.1, -0.05) is 17.7 Å². The molecule has 0 radical (unpaired) electrons. The fourth-order valence-corrected chi connectivity index (χ4v) is 2.94. The highest BCUT2D eigenvalue weighted by atomic mass is 35.5. The third-order valence-corrected chi connectivity index (χ3v) is 4.21. The van der Waals surface area contributed by atoms with E-state index in [0.717, 1.165) is 16.2 Å². The maximum absolute atomic E-state index is 8.84. The van der Waals surface area contributed by atoms with E-state index in [9.17, 15) is 0 Å². The zero-order chi connectivity index (χ0) is 13.8. The summed E-state index contributed by atoms with van der Waals surface area (Å²) >= 11 is 7.69. The van der Waals surface area contributed by atoms with Crippen LogP contribution in [-0.4, -0.2) is 0 Å². The monoisotopic (exact) mass is 288 g/mol. The maximum atomic E-state index is 8.84. The normalized spacial score (nSPS) is 10.2. The third kappa shape index (κ3) is 3.44. The number of nitrogens with two attached hydrogens (primary N) is 1. The van der Waals surface area contributed by atoms with E-state index in [1.807, 2.05) is 43.3 Å². The molecule has 2 nitrogen and oxygen atoms in total. The number of benzene rings is 2. The number of hydrogen-bond donors (Lipinski definition) is 1. The van der Waals surface area contributed by atoms with E-state index in [1.165, 1.54) is 5.56 Å². The van der Waals surface area contributed by atoms with E-state index in [1.54, 1.807) is 11.8 Å². The van der Waals surface area contributed by atoms with Crippen LogP contribution < -0.4 is 5.73 Å². The molecule has 0 amide bonds. The largest absolute Gasteiger partial charge is 0.398 e. The zero-order valence-electron chi connectivity index (χ0n) is 10.5. The first kappa shape index (κ1) is 13.8. The lowest BCUT2D eigenvalue weighted by Crippen LogP contribution is -1.89. The predicted molar refractivity (Wildman–Crippen MR) is 81.3 cm³/mol. The second kappa shape index (κ2) is 6.01. The van der Waals surface area contributed by atoms with Crippen LogP contribution in [-0.2, 0) is 5.75 Å². The highest BCUT2D eigenvalue weighted by Crippen LogP contribution is 2.29. The smallest absolute Gasteiger partial charge is 0.0991 e. The minimum absolute atomic E-state index is 0.585. The first-order valence-corrected chi connectivity index (χ1v) is 7.14. The van der Waals surface area contributed by atoms with Gasteiger partial charge in [0.05, 0.1) is 22.3 Å². The highest BCUT2D eigenvalue weighted by molar-refractivity contribution is 7.98. The Morgan fingerprint density at radius 1 is 1.26 bits per heavy atom. The van der Waals surface area contributed by atoms with E-state index < -0.39 is 0 Å². The molecule has 0 aromatic heterocycles. The summed E-state index contributed by atoms with van der Waals surface area (Å²) in [5.74, 6) is 0.845. The molecule has 0 aliphatic carbocycles. The van der Waals surface area contributed by atoms with Crippen LogP contribution in [0.2, 0.25) is 5.02 Å². The molecule has 96 valence electrons. The Bertz CT molecular complexity index is 647. The standard InChI is InChI=1S/C15H13ClN2S/c1-10-6-11(8-17)2-3-12(10)9-19-13-4-5-15(18)14(16)7-13/h2-7H,9,18H2,1H3.